The Hall–Kier alpha value is -3.60. The molecule has 0 saturated carbocycles. The number of benzene rings is 3. The summed E-state index contributed by atoms with van der Waals surface area (Å²) in [7, 11) is -3.66. The normalized spacial score (nSPS) is 11.4. The Labute approximate surface area is 185 Å². The van der Waals surface area contributed by atoms with Gasteiger partial charge in [0.1, 0.15) is 5.75 Å². The maximum Gasteiger partial charge on any atom is 0.345 e. The molecule has 0 fully saturated rings. The number of tetrazole rings is 1. The van der Waals surface area contributed by atoms with E-state index in [4.69, 9.17) is 9.88 Å². The van der Waals surface area contributed by atoms with Crippen LogP contribution in [0, 0.1) is 0 Å². The number of sulfonamides is 1. The van der Waals surface area contributed by atoms with Crippen LogP contribution in [-0.4, -0.2) is 35.2 Å². The largest absolute Gasteiger partial charge is 0.423 e. The summed E-state index contributed by atoms with van der Waals surface area (Å²) in [5.41, 5.74) is 2.95. The average molecular weight is 451 g/mol. The van der Waals surface area contributed by atoms with E-state index in [2.05, 4.69) is 20.8 Å². The quantitative estimate of drug-likeness (QED) is 0.375. The highest BCUT2D eigenvalue weighted by Crippen LogP contribution is 2.21. The van der Waals surface area contributed by atoms with Crippen LogP contribution in [0.15, 0.2) is 83.8 Å². The van der Waals surface area contributed by atoms with Crippen molar-refractivity contribution in [3.05, 3.63) is 90.0 Å². The zero-order valence-corrected chi connectivity index (χ0v) is 17.9. The Kier molecular flexibility index (Phi) is 6.55. The number of primary sulfonamides is 1. The van der Waals surface area contributed by atoms with Crippen molar-refractivity contribution in [2.75, 3.05) is 6.54 Å². The Balaban J connectivity index is 1.27. The molecule has 10 heteroatoms. The van der Waals surface area contributed by atoms with Gasteiger partial charge in [-0.05, 0) is 70.9 Å². The van der Waals surface area contributed by atoms with Crippen LogP contribution in [0.4, 0.5) is 0 Å². The Morgan fingerprint density at radius 2 is 1.59 bits per heavy atom. The van der Waals surface area contributed by atoms with Crippen LogP contribution in [0.25, 0.3) is 5.69 Å². The molecule has 0 aliphatic rings. The third kappa shape index (κ3) is 5.55. The van der Waals surface area contributed by atoms with E-state index in [0.717, 1.165) is 29.8 Å². The number of nitrogens with one attached hydrogen (secondary N) is 1. The van der Waals surface area contributed by atoms with Crippen molar-refractivity contribution in [2.24, 2.45) is 5.14 Å². The first kappa shape index (κ1) is 21.6. The van der Waals surface area contributed by atoms with Crippen LogP contribution < -0.4 is 15.2 Å². The van der Waals surface area contributed by atoms with Gasteiger partial charge >= 0.3 is 6.01 Å². The van der Waals surface area contributed by atoms with Crippen molar-refractivity contribution < 1.29 is 13.2 Å². The molecule has 32 heavy (non-hydrogen) atoms. The van der Waals surface area contributed by atoms with E-state index in [1.54, 1.807) is 12.1 Å². The summed E-state index contributed by atoms with van der Waals surface area (Å²) in [5, 5.41) is 20.1. The molecule has 0 aliphatic heterocycles. The second-order valence-electron chi connectivity index (χ2n) is 7.07. The predicted molar refractivity (Wildman–Crippen MR) is 119 cm³/mol. The molecule has 164 valence electrons. The van der Waals surface area contributed by atoms with Gasteiger partial charge in [0.2, 0.25) is 10.0 Å². The Morgan fingerprint density at radius 3 is 2.28 bits per heavy atom. The maximum absolute atomic E-state index is 11.3. The van der Waals surface area contributed by atoms with Crippen LogP contribution in [0.3, 0.4) is 0 Å². The highest BCUT2D eigenvalue weighted by molar-refractivity contribution is 7.89. The fourth-order valence-corrected chi connectivity index (χ4v) is 3.58. The van der Waals surface area contributed by atoms with Gasteiger partial charge in [0, 0.05) is 6.54 Å². The number of ether oxygens (including phenoxy) is 1. The average Bonchev–Trinajstić information content (AvgIpc) is 3.26. The van der Waals surface area contributed by atoms with E-state index in [1.807, 2.05) is 54.6 Å². The lowest BCUT2D eigenvalue weighted by Gasteiger charge is -2.08. The number of rotatable bonds is 9. The summed E-state index contributed by atoms with van der Waals surface area (Å²) in [6.45, 7) is 1.44. The molecule has 0 atom stereocenters. The summed E-state index contributed by atoms with van der Waals surface area (Å²) in [5.74, 6) is 0.635. The fourth-order valence-electron chi connectivity index (χ4n) is 3.07. The molecule has 9 nitrogen and oxygen atoms in total. The van der Waals surface area contributed by atoms with E-state index >= 15 is 0 Å². The van der Waals surface area contributed by atoms with Gasteiger partial charge in [-0.2, -0.15) is 4.68 Å². The monoisotopic (exact) mass is 450 g/mol. The van der Waals surface area contributed by atoms with Gasteiger partial charge in [0.15, 0.2) is 0 Å². The summed E-state index contributed by atoms with van der Waals surface area (Å²) >= 11 is 0. The lowest BCUT2D eigenvalue weighted by Crippen LogP contribution is -2.17. The molecule has 0 bridgehead atoms. The minimum absolute atomic E-state index is 0.120. The van der Waals surface area contributed by atoms with Crippen molar-refractivity contribution in [3.8, 4) is 17.4 Å². The van der Waals surface area contributed by atoms with E-state index in [1.165, 1.54) is 16.8 Å². The maximum atomic E-state index is 11.3. The van der Waals surface area contributed by atoms with Gasteiger partial charge in [-0.1, -0.05) is 47.6 Å². The van der Waals surface area contributed by atoms with Gasteiger partial charge in [-0.3, -0.25) is 0 Å². The third-order valence-electron chi connectivity index (χ3n) is 4.75. The standard InChI is InChI=1S/C22H22N6O3S/c23-32(29,30)21-12-8-17(9-13-21)14-15-24-16-18-6-10-20(11-7-18)31-22-25-26-27-28(22)19-4-2-1-3-5-19/h1-13,24H,14-16H2,(H2,23,29,30). The Morgan fingerprint density at radius 1 is 0.906 bits per heavy atom. The minimum atomic E-state index is -3.66. The molecule has 0 aliphatic carbocycles. The number of hydrogen-bond donors (Lipinski definition) is 2. The SMILES string of the molecule is NS(=O)(=O)c1ccc(CCNCc2ccc(Oc3nnnn3-c3ccccc3)cc2)cc1. The lowest BCUT2D eigenvalue weighted by atomic mass is 10.1. The number of nitrogens with zero attached hydrogens (tertiary/aromatic N) is 4. The molecule has 3 N–H and O–H groups in total. The number of nitrogens with two attached hydrogens (primary N) is 1. The molecular formula is C22H22N6O3S. The molecule has 0 unspecified atom stereocenters. The van der Waals surface area contributed by atoms with Crippen molar-refractivity contribution in [3.63, 3.8) is 0 Å². The van der Waals surface area contributed by atoms with Gasteiger partial charge in [0.05, 0.1) is 10.6 Å². The number of para-hydroxylation sites is 1. The van der Waals surface area contributed by atoms with Crippen molar-refractivity contribution in [2.45, 2.75) is 17.9 Å². The molecule has 0 spiro atoms. The molecule has 4 aromatic rings. The van der Waals surface area contributed by atoms with Gasteiger partial charge in [0.25, 0.3) is 0 Å². The molecule has 3 aromatic carbocycles. The predicted octanol–water partition coefficient (Wildman–Crippen LogP) is 2.43. The van der Waals surface area contributed by atoms with Crippen LogP contribution in [0.5, 0.6) is 11.8 Å². The van der Waals surface area contributed by atoms with Crippen molar-refractivity contribution >= 4 is 10.0 Å². The van der Waals surface area contributed by atoms with Crippen LogP contribution in [-0.2, 0) is 23.0 Å². The highest BCUT2D eigenvalue weighted by Gasteiger charge is 2.10. The molecule has 4 rings (SSSR count). The minimum Gasteiger partial charge on any atom is -0.423 e. The number of aromatic nitrogens is 4. The molecule has 1 heterocycles. The van der Waals surface area contributed by atoms with Crippen LogP contribution in [0.1, 0.15) is 11.1 Å². The van der Waals surface area contributed by atoms with Gasteiger partial charge in [-0.15, -0.1) is 0 Å². The van der Waals surface area contributed by atoms with Gasteiger partial charge in [-0.25, -0.2) is 13.6 Å². The van der Waals surface area contributed by atoms with Gasteiger partial charge < -0.3 is 10.1 Å². The zero-order chi connectivity index (χ0) is 22.4. The Bertz CT molecular complexity index is 1260. The van der Waals surface area contributed by atoms with E-state index in [9.17, 15) is 8.42 Å². The van der Waals surface area contributed by atoms with E-state index in [0.29, 0.717) is 12.3 Å². The molecule has 0 saturated heterocycles. The van der Waals surface area contributed by atoms with Crippen LogP contribution >= 0.6 is 0 Å². The molecule has 0 amide bonds. The van der Waals surface area contributed by atoms with Crippen molar-refractivity contribution in [1.82, 2.24) is 25.5 Å². The highest BCUT2D eigenvalue weighted by atomic mass is 32.2. The third-order valence-corrected chi connectivity index (χ3v) is 5.67. The summed E-state index contributed by atoms with van der Waals surface area (Å²) in [6, 6.07) is 24.1. The first-order chi connectivity index (χ1) is 15.5. The summed E-state index contributed by atoms with van der Waals surface area (Å²) in [4.78, 5) is 0.120. The summed E-state index contributed by atoms with van der Waals surface area (Å²) < 4.78 is 30.0. The van der Waals surface area contributed by atoms with Crippen LogP contribution in [0.2, 0.25) is 0 Å². The van der Waals surface area contributed by atoms with E-state index < -0.39 is 10.0 Å². The molecule has 0 radical (unpaired) electrons. The molecule has 1 aromatic heterocycles. The first-order valence-corrected chi connectivity index (χ1v) is 11.5. The fraction of sp³-hybridized carbons (Fsp3) is 0.136. The smallest absolute Gasteiger partial charge is 0.345 e. The second-order valence-corrected chi connectivity index (χ2v) is 8.63. The summed E-state index contributed by atoms with van der Waals surface area (Å²) in [6.07, 6.45) is 0.772. The lowest BCUT2D eigenvalue weighted by molar-refractivity contribution is 0.427. The van der Waals surface area contributed by atoms with E-state index in [-0.39, 0.29) is 10.9 Å². The second kappa shape index (κ2) is 9.69. The zero-order valence-electron chi connectivity index (χ0n) is 17.1. The number of hydrogen-bond acceptors (Lipinski definition) is 7. The molecular weight excluding hydrogens is 428 g/mol. The topological polar surface area (TPSA) is 125 Å². The first-order valence-electron chi connectivity index (χ1n) is 9.92. The van der Waals surface area contributed by atoms with Crippen molar-refractivity contribution in [1.29, 1.82) is 0 Å².